The van der Waals surface area contributed by atoms with E-state index in [1.54, 1.807) is 0 Å². The van der Waals surface area contributed by atoms with Gasteiger partial charge in [-0.2, -0.15) is 0 Å². The third kappa shape index (κ3) is 5.74. The molecule has 15 rings (SSSR count). The van der Waals surface area contributed by atoms with Crippen molar-refractivity contribution in [3.63, 3.8) is 0 Å². The Morgan fingerprint density at radius 2 is 1.11 bits per heavy atom. The minimum Gasteiger partial charge on any atom is -0.456 e. The molecule has 1 spiro atoms. The van der Waals surface area contributed by atoms with Gasteiger partial charge in [-0.1, -0.05) is 153 Å². The third-order valence-corrected chi connectivity index (χ3v) is 18.0. The van der Waals surface area contributed by atoms with E-state index in [-0.39, 0.29) is 5.41 Å². The van der Waals surface area contributed by atoms with Gasteiger partial charge < -0.3 is 14.1 Å². The number of nitrogens with zero attached hydrogens (tertiary/aromatic N) is 1. The molecule has 2 fully saturated rings. The molecule has 2 bridgehead atoms. The maximum atomic E-state index is 7.56. The summed E-state index contributed by atoms with van der Waals surface area (Å²) >= 11 is 1.86. The molecule has 4 heteroatoms. The Labute approximate surface area is 412 Å². The Bertz CT molecular complexity index is 3750. The van der Waals surface area contributed by atoms with Crippen LogP contribution in [-0.4, -0.2) is 0 Å². The molecule has 1 aliphatic heterocycles. The first-order valence-corrected chi connectivity index (χ1v) is 26.1. The summed E-state index contributed by atoms with van der Waals surface area (Å²) in [5, 5.41) is 4.79. The largest absolute Gasteiger partial charge is 0.456 e. The van der Waals surface area contributed by atoms with Gasteiger partial charge in [0.05, 0.1) is 11.1 Å². The molecule has 4 aliphatic rings. The van der Waals surface area contributed by atoms with Crippen LogP contribution in [0.5, 0.6) is 11.5 Å². The van der Waals surface area contributed by atoms with Gasteiger partial charge in [-0.15, -0.1) is 11.3 Å². The molecule has 0 saturated heterocycles. The van der Waals surface area contributed by atoms with Gasteiger partial charge in [0, 0.05) is 65.1 Å². The van der Waals surface area contributed by atoms with E-state index in [1.807, 2.05) is 11.3 Å². The standard InChI is InChI=1S/C66H51NO2S/c1-40-33-42-34-41(2)38-65(37-40,39-42)44-25-23-43(24-26-44)63-57(32-31-56-64(63)69-59-21-11-9-19-55(59)66(56)53-17-7-3-13-47(53)48-14-4-8-18-54(48)66)67(45-27-29-50-49-15-5-10-20-58(49)68-60(50)35-45)46-28-30-52-51-16-6-12-22-61(51)70-62(52)36-46/h3-32,35-36,40-42H,33-34,37-39H2,1-2H3. The Kier molecular flexibility index (Phi) is 8.70. The van der Waals surface area contributed by atoms with E-state index in [2.05, 4.69) is 213 Å². The van der Waals surface area contributed by atoms with Crippen molar-refractivity contribution in [3.8, 4) is 33.8 Å². The molecule has 2 aromatic heterocycles. The molecule has 338 valence electrons. The lowest BCUT2D eigenvalue weighted by Crippen LogP contribution is -2.42. The lowest BCUT2D eigenvalue weighted by Gasteiger charge is -2.50. The molecular formula is C66H51NO2S. The summed E-state index contributed by atoms with van der Waals surface area (Å²) in [6, 6.07) is 72.4. The number of anilines is 3. The number of hydrogen-bond donors (Lipinski definition) is 0. The summed E-state index contributed by atoms with van der Waals surface area (Å²) in [4.78, 5) is 2.46. The maximum absolute atomic E-state index is 7.56. The lowest BCUT2D eigenvalue weighted by molar-refractivity contribution is 0.0780. The summed E-state index contributed by atoms with van der Waals surface area (Å²) in [7, 11) is 0. The SMILES string of the molecule is CC1CC2CC(C)CC(c3ccc(-c4c(N(c5ccc6c(c5)oc5ccccc56)c5ccc6c(c5)sc5ccccc56)ccc5c4Oc4ccccc4C54c5ccccc5-c5ccccc54)cc3)(C1)C2. The van der Waals surface area contributed by atoms with Crippen molar-refractivity contribution in [2.45, 2.75) is 56.8 Å². The first kappa shape index (κ1) is 40.5. The van der Waals surface area contributed by atoms with Gasteiger partial charge in [-0.05, 0) is 137 Å². The van der Waals surface area contributed by atoms with E-state index in [9.17, 15) is 0 Å². The lowest BCUT2D eigenvalue weighted by atomic mass is 9.54. The fourth-order valence-electron chi connectivity index (χ4n) is 14.6. The minimum atomic E-state index is -0.608. The predicted molar refractivity (Wildman–Crippen MR) is 291 cm³/mol. The Balaban J connectivity index is 1.02. The minimum absolute atomic E-state index is 0.210. The number of fused-ring (bicyclic) bond motifs is 17. The fourth-order valence-corrected chi connectivity index (χ4v) is 15.7. The number of hydrogen-bond acceptors (Lipinski definition) is 4. The topological polar surface area (TPSA) is 25.6 Å². The van der Waals surface area contributed by atoms with E-state index in [0.717, 1.165) is 84.9 Å². The Morgan fingerprint density at radius 3 is 1.89 bits per heavy atom. The van der Waals surface area contributed by atoms with Crippen LogP contribution in [-0.2, 0) is 10.8 Å². The van der Waals surface area contributed by atoms with Crippen LogP contribution in [0.2, 0.25) is 0 Å². The molecular weight excluding hydrogens is 871 g/mol. The van der Waals surface area contributed by atoms with Gasteiger partial charge in [0.2, 0.25) is 0 Å². The van der Waals surface area contributed by atoms with Crippen molar-refractivity contribution >= 4 is 70.5 Å². The van der Waals surface area contributed by atoms with Gasteiger partial charge in [0.15, 0.2) is 0 Å². The molecule has 70 heavy (non-hydrogen) atoms. The van der Waals surface area contributed by atoms with Crippen LogP contribution in [0.25, 0.3) is 64.4 Å². The third-order valence-electron chi connectivity index (χ3n) is 16.9. The first-order chi connectivity index (χ1) is 34.4. The van der Waals surface area contributed by atoms with Crippen LogP contribution >= 0.6 is 11.3 Å². The Morgan fingerprint density at radius 1 is 0.500 bits per heavy atom. The highest BCUT2D eigenvalue weighted by atomic mass is 32.1. The number of furan rings is 1. The maximum Gasteiger partial charge on any atom is 0.142 e. The summed E-state index contributed by atoms with van der Waals surface area (Å²) in [6.07, 6.45) is 6.54. The zero-order chi connectivity index (χ0) is 46.3. The van der Waals surface area contributed by atoms with Gasteiger partial charge in [-0.25, -0.2) is 0 Å². The molecule has 2 atom stereocenters. The molecule has 9 aromatic carbocycles. The first-order valence-electron chi connectivity index (χ1n) is 25.3. The van der Waals surface area contributed by atoms with E-state index >= 15 is 0 Å². The second kappa shape index (κ2) is 15.1. The predicted octanol–water partition coefficient (Wildman–Crippen LogP) is 18.7. The average Bonchev–Trinajstić information content (AvgIpc) is 4.04. The van der Waals surface area contributed by atoms with Gasteiger partial charge in [0.1, 0.15) is 22.7 Å². The summed E-state index contributed by atoms with van der Waals surface area (Å²) in [5.41, 5.74) is 15.7. The molecule has 0 amide bonds. The van der Waals surface area contributed by atoms with Crippen molar-refractivity contribution in [1.29, 1.82) is 0 Å². The van der Waals surface area contributed by atoms with Crippen molar-refractivity contribution in [1.82, 2.24) is 0 Å². The molecule has 11 aromatic rings. The second-order valence-corrected chi connectivity index (χ2v) is 22.3. The zero-order valence-corrected chi connectivity index (χ0v) is 40.2. The van der Waals surface area contributed by atoms with Crippen LogP contribution in [0.4, 0.5) is 17.1 Å². The fraction of sp³-hybridized carbons (Fsp3) is 0.182. The molecule has 0 radical (unpaired) electrons. The van der Waals surface area contributed by atoms with E-state index in [0.29, 0.717) is 0 Å². The summed E-state index contributed by atoms with van der Waals surface area (Å²) in [6.45, 7) is 4.98. The Hall–Kier alpha value is -7.40. The van der Waals surface area contributed by atoms with Crippen LogP contribution in [0.1, 0.15) is 73.8 Å². The molecule has 2 unspecified atom stereocenters. The monoisotopic (exact) mass is 921 g/mol. The number of para-hydroxylation sites is 2. The van der Waals surface area contributed by atoms with Gasteiger partial charge in [0.25, 0.3) is 0 Å². The van der Waals surface area contributed by atoms with Crippen LogP contribution < -0.4 is 9.64 Å². The molecule has 0 N–H and O–H groups in total. The normalized spacial score (nSPS) is 20.6. The molecule has 2 saturated carbocycles. The quantitative estimate of drug-likeness (QED) is 0.172. The number of thiophene rings is 1. The van der Waals surface area contributed by atoms with Crippen molar-refractivity contribution < 1.29 is 9.15 Å². The van der Waals surface area contributed by atoms with Crippen LogP contribution in [0.3, 0.4) is 0 Å². The summed E-state index contributed by atoms with van der Waals surface area (Å²) in [5.74, 6) is 4.05. The second-order valence-electron chi connectivity index (χ2n) is 21.2. The van der Waals surface area contributed by atoms with Crippen molar-refractivity contribution in [3.05, 3.63) is 222 Å². The summed E-state index contributed by atoms with van der Waals surface area (Å²) < 4.78 is 16.8. The average molecular weight is 922 g/mol. The van der Waals surface area contributed by atoms with Gasteiger partial charge in [-0.3, -0.25) is 0 Å². The van der Waals surface area contributed by atoms with Crippen LogP contribution in [0.15, 0.2) is 199 Å². The zero-order valence-electron chi connectivity index (χ0n) is 39.4. The molecule has 3 nitrogen and oxygen atoms in total. The number of ether oxygens (including phenoxy) is 1. The van der Waals surface area contributed by atoms with E-state index < -0.39 is 5.41 Å². The highest BCUT2D eigenvalue weighted by Crippen LogP contribution is 2.65. The van der Waals surface area contributed by atoms with Gasteiger partial charge >= 0.3 is 0 Å². The number of benzene rings is 9. The smallest absolute Gasteiger partial charge is 0.142 e. The van der Waals surface area contributed by atoms with Crippen LogP contribution in [0, 0.1) is 17.8 Å². The van der Waals surface area contributed by atoms with E-state index in [4.69, 9.17) is 9.15 Å². The van der Waals surface area contributed by atoms with E-state index in [1.165, 1.54) is 85.7 Å². The highest BCUT2D eigenvalue weighted by molar-refractivity contribution is 7.25. The number of rotatable bonds is 5. The molecule has 3 heterocycles. The highest BCUT2D eigenvalue weighted by Gasteiger charge is 2.52. The van der Waals surface area contributed by atoms with Crippen molar-refractivity contribution in [2.24, 2.45) is 17.8 Å². The van der Waals surface area contributed by atoms with Crippen molar-refractivity contribution in [2.75, 3.05) is 4.90 Å². The molecule has 3 aliphatic carbocycles.